The van der Waals surface area contributed by atoms with E-state index in [2.05, 4.69) is 4.74 Å². The summed E-state index contributed by atoms with van der Waals surface area (Å²) in [6, 6.07) is 8.37. The lowest BCUT2D eigenvalue weighted by Crippen LogP contribution is -2.29. The Labute approximate surface area is 105 Å². The molecule has 0 saturated carbocycles. The molecule has 18 heavy (non-hydrogen) atoms. The second kappa shape index (κ2) is 6.66. The molecule has 1 unspecified atom stereocenters. The molecule has 0 amide bonds. The van der Waals surface area contributed by atoms with Gasteiger partial charge in [0.05, 0.1) is 0 Å². The molecule has 1 rings (SSSR count). The topological polar surface area (TPSA) is 86.5 Å². The van der Waals surface area contributed by atoms with Gasteiger partial charge in [0.15, 0.2) is 5.78 Å². The summed E-state index contributed by atoms with van der Waals surface area (Å²) in [6.45, 7) is 1.28. The van der Waals surface area contributed by atoms with Crippen molar-refractivity contribution in [2.24, 2.45) is 11.7 Å². The Bertz CT molecular complexity index is 442. The first-order valence-electron chi connectivity index (χ1n) is 5.58. The van der Waals surface area contributed by atoms with Crippen LogP contribution in [0.15, 0.2) is 30.3 Å². The molecule has 5 heteroatoms. The molecule has 96 valence electrons. The highest BCUT2D eigenvalue weighted by Gasteiger charge is 2.29. The standard InChI is InChI=1S/C13H15NO4/c1-9(15)18-13(17)11(7-8-14)12(16)10-5-3-2-4-6-10/h2-6,11H,7-8,14H2,1H3. The van der Waals surface area contributed by atoms with Crippen LogP contribution in [0, 0.1) is 5.92 Å². The lowest BCUT2D eigenvalue weighted by atomic mass is 9.95. The number of carbonyl (C=O) groups is 3. The molecule has 0 radical (unpaired) electrons. The second-order valence-electron chi connectivity index (χ2n) is 3.77. The minimum Gasteiger partial charge on any atom is -0.393 e. The van der Waals surface area contributed by atoms with Gasteiger partial charge in [0.2, 0.25) is 0 Å². The maximum absolute atomic E-state index is 12.1. The zero-order chi connectivity index (χ0) is 13.5. The molecule has 0 heterocycles. The Kier molecular flexibility index (Phi) is 5.20. The number of rotatable bonds is 5. The zero-order valence-electron chi connectivity index (χ0n) is 10.1. The van der Waals surface area contributed by atoms with Gasteiger partial charge in [-0.1, -0.05) is 30.3 Å². The highest BCUT2D eigenvalue weighted by Crippen LogP contribution is 2.14. The fourth-order valence-electron chi connectivity index (χ4n) is 1.54. The summed E-state index contributed by atoms with van der Waals surface area (Å²) in [5, 5.41) is 0. The van der Waals surface area contributed by atoms with Crippen LogP contribution in [0.2, 0.25) is 0 Å². The van der Waals surface area contributed by atoms with E-state index in [1.807, 2.05) is 0 Å². The Morgan fingerprint density at radius 1 is 1.22 bits per heavy atom. The monoisotopic (exact) mass is 249 g/mol. The average Bonchev–Trinajstić information content (AvgIpc) is 2.35. The van der Waals surface area contributed by atoms with Crippen molar-refractivity contribution in [1.82, 2.24) is 0 Å². The first-order chi connectivity index (χ1) is 8.56. The van der Waals surface area contributed by atoms with Gasteiger partial charge in [0.25, 0.3) is 0 Å². The van der Waals surface area contributed by atoms with Gasteiger partial charge >= 0.3 is 11.9 Å². The van der Waals surface area contributed by atoms with Crippen LogP contribution in [-0.2, 0) is 14.3 Å². The van der Waals surface area contributed by atoms with Crippen LogP contribution in [0.1, 0.15) is 23.7 Å². The van der Waals surface area contributed by atoms with E-state index in [1.165, 1.54) is 0 Å². The summed E-state index contributed by atoms with van der Waals surface area (Å²) in [5.41, 5.74) is 5.77. The summed E-state index contributed by atoms with van der Waals surface area (Å²) in [7, 11) is 0. The first-order valence-corrected chi connectivity index (χ1v) is 5.58. The fraction of sp³-hybridized carbons (Fsp3) is 0.308. The Morgan fingerprint density at radius 2 is 1.83 bits per heavy atom. The van der Waals surface area contributed by atoms with E-state index in [9.17, 15) is 14.4 Å². The summed E-state index contributed by atoms with van der Waals surface area (Å²) < 4.78 is 4.45. The highest BCUT2D eigenvalue weighted by atomic mass is 16.6. The van der Waals surface area contributed by atoms with E-state index in [0.29, 0.717) is 5.56 Å². The van der Waals surface area contributed by atoms with E-state index in [0.717, 1.165) is 6.92 Å². The van der Waals surface area contributed by atoms with Gasteiger partial charge in [-0.05, 0) is 13.0 Å². The minimum absolute atomic E-state index is 0.153. The van der Waals surface area contributed by atoms with Crippen molar-refractivity contribution in [3.8, 4) is 0 Å². The largest absolute Gasteiger partial charge is 0.393 e. The van der Waals surface area contributed by atoms with Crippen molar-refractivity contribution < 1.29 is 19.1 Å². The Morgan fingerprint density at radius 3 is 2.33 bits per heavy atom. The average molecular weight is 249 g/mol. The van der Waals surface area contributed by atoms with Gasteiger partial charge in [-0.3, -0.25) is 14.4 Å². The molecule has 0 bridgehead atoms. The van der Waals surface area contributed by atoms with Gasteiger partial charge < -0.3 is 10.5 Å². The predicted molar refractivity (Wildman–Crippen MR) is 64.7 cm³/mol. The van der Waals surface area contributed by atoms with Gasteiger partial charge in [-0.2, -0.15) is 0 Å². The smallest absolute Gasteiger partial charge is 0.324 e. The molecular weight excluding hydrogens is 234 g/mol. The predicted octanol–water partition coefficient (Wildman–Crippen LogP) is 0.924. The quantitative estimate of drug-likeness (QED) is 0.476. The Hall–Kier alpha value is -2.01. The molecule has 1 aromatic rings. The van der Waals surface area contributed by atoms with Gasteiger partial charge in [0.1, 0.15) is 5.92 Å². The molecule has 5 nitrogen and oxygen atoms in total. The molecule has 0 aliphatic rings. The van der Waals surface area contributed by atoms with Gasteiger partial charge in [0, 0.05) is 12.5 Å². The third kappa shape index (κ3) is 3.78. The first kappa shape index (κ1) is 14.1. The summed E-state index contributed by atoms with van der Waals surface area (Å²) >= 11 is 0. The number of nitrogens with two attached hydrogens (primary N) is 1. The highest BCUT2D eigenvalue weighted by molar-refractivity contribution is 6.10. The van der Waals surface area contributed by atoms with Crippen LogP contribution in [0.4, 0.5) is 0 Å². The van der Waals surface area contributed by atoms with Crippen molar-refractivity contribution >= 4 is 17.7 Å². The third-order valence-corrected chi connectivity index (χ3v) is 2.36. The van der Waals surface area contributed by atoms with Gasteiger partial charge in [-0.25, -0.2) is 0 Å². The molecule has 0 aromatic heterocycles. The third-order valence-electron chi connectivity index (χ3n) is 2.36. The van der Waals surface area contributed by atoms with E-state index >= 15 is 0 Å². The lowest BCUT2D eigenvalue weighted by Gasteiger charge is -2.12. The summed E-state index contributed by atoms with van der Waals surface area (Å²) in [6.07, 6.45) is 0.153. The fourth-order valence-corrected chi connectivity index (χ4v) is 1.54. The maximum Gasteiger partial charge on any atom is 0.324 e. The molecule has 1 atom stereocenters. The van der Waals surface area contributed by atoms with E-state index in [1.54, 1.807) is 30.3 Å². The summed E-state index contributed by atoms with van der Waals surface area (Å²) in [4.78, 5) is 34.5. The molecular formula is C13H15NO4. The number of hydrogen-bond donors (Lipinski definition) is 1. The molecule has 1 aromatic carbocycles. The minimum atomic E-state index is -1.03. The van der Waals surface area contributed by atoms with Crippen LogP contribution in [0.3, 0.4) is 0 Å². The second-order valence-corrected chi connectivity index (χ2v) is 3.77. The number of ether oxygens (including phenoxy) is 1. The number of esters is 2. The van der Waals surface area contributed by atoms with Crippen molar-refractivity contribution in [3.05, 3.63) is 35.9 Å². The number of carbonyl (C=O) groups excluding carboxylic acids is 3. The van der Waals surface area contributed by atoms with E-state index in [4.69, 9.17) is 5.73 Å². The normalized spacial score (nSPS) is 11.7. The van der Waals surface area contributed by atoms with Crippen LogP contribution < -0.4 is 5.73 Å². The van der Waals surface area contributed by atoms with Crippen molar-refractivity contribution in [1.29, 1.82) is 0 Å². The van der Waals surface area contributed by atoms with Crippen LogP contribution in [-0.4, -0.2) is 24.3 Å². The van der Waals surface area contributed by atoms with Gasteiger partial charge in [-0.15, -0.1) is 0 Å². The number of hydrogen-bond acceptors (Lipinski definition) is 5. The molecule has 0 aliphatic heterocycles. The molecule has 2 N–H and O–H groups in total. The van der Waals surface area contributed by atoms with Crippen molar-refractivity contribution in [2.75, 3.05) is 6.54 Å². The van der Waals surface area contributed by atoms with E-state index < -0.39 is 17.9 Å². The maximum atomic E-state index is 12.1. The molecule has 0 fully saturated rings. The summed E-state index contributed by atoms with van der Waals surface area (Å²) in [5.74, 6) is -2.99. The SMILES string of the molecule is CC(=O)OC(=O)C(CCN)C(=O)c1ccccc1. The molecule has 0 saturated heterocycles. The molecule has 0 spiro atoms. The van der Waals surface area contributed by atoms with E-state index in [-0.39, 0.29) is 18.7 Å². The van der Waals surface area contributed by atoms with Crippen LogP contribution >= 0.6 is 0 Å². The van der Waals surface area contributed by atoms with Crippen LogP contribution in [0.5, 0.6) is 0 Å². The lowest BCUT2D eigenvalue weighted by molar-refractivity contribution is -0.160. The molecule has 0 aliphatic carbocycles. The van der Waals surface area contributed by atoms with Crippen molar-refractivity contribution in [2.45, 2.75) is 13.3 Å². The van der Waals surface area contributed by atoms with Crippen LogP contribution in [0.25, 0.3) is 0 Å². The Balaban J connectivity index is 2.88. The number of Topliss-reactive ketones (excluding diaryl/α,β-unsaturated/α-hetero) is 1. The van der Waals surface area contributed by atoms with Crippen molar-refractivity contribution in [3.63, 3.8) is 0 Å². The zero-order valence-corrected chi connectivity index (χ0v) is 10.1. The number of ketones is 1. The number of benzene rings is 1.